The Morgan fingerprint density at radius 3 is 2.00 bits per heavy atom. The van der Waals surface area contributed by atoms with Gasteiger partial charge in [0.2, 0.25) is 0 Å². The Hall–Kier alpha value is -1.76. The predicted octanol–water partition coefficient (Wildman–Crippen LogP) is 8.15. The summed E-state index contributed by atoms with van der Waals surface area (Å²) < 4.78 is 52.3. The Morgan fingerprint density at radius 1 is 0.800 bits per heavy atom. The van der Waals surface area contributed by atoms with Crippen molar-refractivity contribution in [1.82, 2.24) is 4.57 Å². The van der Waals surface area contributed by atoms with Crippen molar-refractivity contribution >= 4 is 26.1 Å². The fraction of sp³-hybridized carbons (Fsp3) is 0.533. The smallest absolute Gasteiger partial charge is 0.368 e. The Morgan fingerprint density at radius 2 is 1.38 bits per heavy atom. The Bertz CT molecular complexity index is 1340. The number of benzene rings is 2. The van der Waals surface area contributed by atoms with Crippen molar-refractivity contribution in [3.05, 3.63) is 59.7 Å². The summed E-state index contributed by atoms with van der Waals surface area (Å²) in [4.78, 5) is 0. The number of hydrogen-bond acceptors (Lipinski definition) is 7. The molecule has 8 nitrogen and oxygen atoms in total. The van der Waals surface area contributed by atoms with Crippen LogP contribution in [-0.4, -0.2) is 41.2 Å². The summed E-state index contributed by atoms with van der Waals surface area (Å²) in [6.45, 7) is 7.33. The lowest BCUT2D eigenvalue weighted by molar-refractivity contribution is 0.0757. The largest absolute Gasteiger partial charge is 0.374 e. The molecule has 1 aromatic heterocycles. The van der Waals surface area contributed by atoms with Gasteiger partial charge in [0.05, 0.1) is 32.1 Å². The van der Waals surface area contributed by atoms with E-state index in [9.17, 15) is 14.2 Å². The fourth-order valence-corrected chi connectivity index (χ4v) is 10.9. The van der Waals surface area contributed by atoms with Gasteiger partial charge in [0.1, 0.15) is 0 Å². The number of fused-ring (bicyclic) bond motifs is 5. The number of nitrogens with zero attached hydrogens (tertiary/aromatic N) is 1. The number of aromatic nitrogens is 1. The van der Waals surface area contributed by atoms with Crippen molar-refractivity contribution in [1.29, 1.82) is 0 Å². The lowest BCUT2D eigenvalue weighted by Crippen LogP contribution is -2.33. The summed E-state index contributed by atoms with van der Waals surface area (Å²) >= 11 is 0. The number of aliphatic hydroxyl groups is 1. The summed E-state index contributed by atoms with van der Waals surface area (Å²) in [6.07, 6.45) is 4.05. The number of rotatable bonds is 15. The molecule has 1 aliphatic rings. The molecule has 0 amide bonds. The number of aryl methyl sites for hydroxylation is 3. The summed E-state index contributed by atoms with van der Waals surface area (Å²) in [7, 11) is -8.59. The third-order valence-electron chi connectivity index (χ3n) is 7.44. The molecule has 0 spiro atoms. The van der Waals surface area contributed by atoms with Gasteiger partial charge in [-0.1, -0.05) is 42.5 Å². The Labute approximate surface area is 238 Å². The molecule has 0 saturated carbocycles. The van der Waals surface area contributed by atoms with Gasteiger partial charge >= 0.3 is 15.2 Å². The minimum absolute atomic E-state index is 0.0126. The van der Waals surface area contributed by atoms with Gasteiger partial charge in [0.15, 0.2) is 0 Å². The summed E-state index contributed by atoms with van der Waals surface area (Å²) in [5.74, 6) is 0. The molecule has 3 aromatic rings. The van der Waals surface area contributed by atoms with Gasteiger partial charge in [-0.05, 0) is 83.4 Å². The summed E-state index contributed by atoms with van der Waals surface area (Å²) in [5, 5.41) is 10.8. The van der Waals surface area contributed by atoms with E-state index in [2.05, 4.69) is 53.1 Å². The first-order valence-corrected chi connectivity index (χ1v) is 17.6. The lowest BCUT2D eigenvalue weighted by atomic mass is 10.0. The average Bonchev–Trinajstić information content (AvgIpc) is 3.11. The van der Waals surface area contributed by atoms with Crippen molar-refractivity contribution in [2.24, 2.45) is 0 Å². The second kappa shape index (κ2) is 13.5. The van der Waals surface area contributed by atoms with Gasteiger partial charge in [-0.25, -0.2) is 0 Å². The van der Waals surface area contributed by atoms with Crippen LogP contribution in [0.25, 0.3) is 22.2 Å². The quantitative estimate of drug-likeness (QED) is 0.141. The zero-order valence-electron chi connectivity index (χ0n) is 24.1. The van der Waals surface area contributed by atoms with E-state index in [1.165, 1.54) is 33.3 Å². The van der Waals surface area contributed by atoms with Gasteiger partial charge in [-0.3, -0.25) is 9.13 Å². The van der Waals surface area contributed by atoms with E-state index < -0.39 is 20.3 Å². The molecule has 0 saturated heterocycles. The van der Waals surface area contributed by atoms with E-state index in [1.54, 1.807) is 27.7 Å². The van der Waals surface area contributed by atoms with E-state index in [4.69, 9.17) is 18.1 Å². The maximum absolute atomic E-state index is 14.0. The van der Waals surface area contributed by atoms with Gasteiger partial charge in [-0.15, -0.1) is 0 Å². The monoisotopic (exact) mass is 591 g/mol. The van der Waals surface area contributed by atoms with E-state index in [1.807, 2.05) is 0 Å². The second-order valence-corrected chi connectivity index (χ2v) is 14.8. The van der Waals surface area contributed by atoms with Crippen LogP contribution in [0.1, 0.15) is 64.5 Å². The van der Waals surface area contributed by atoms with Crippen LogP contribution in [-0.2, 0) is 46.6 Å². The molecular weight excluding hydrogens is 548 g/mol. The molecule has 1 heterocycles. The zero-order chi connectivity index (χ0) is 28.8. The maximum Gasteiger partial charge on any atom is 0.374 e. The highest BCUT2D eigenvalue weighted by molar-refractivity contribution is 7.73. The fourth-order valence-electron chi connectivity index (χ4n) is 5.82. The molecule has 1 N–H and O–H groups in total. The highest BCUT2D eigenvalue weighted by Crippen LogP contribution is 2.78. The van der Waals surface area contributed by atoms with Gasteiger partial charge < -0.3 is 27.8 Å². The summed E-state index contributed by atoms with van der Waals surface area (Å²) in [5.41, 5.74) is 6.39. The Balaban J connectivity index is 1.67. The van der Waals surface area contributed by atoms with Crippen LogP contribution >= 0.6 is 15.2 Å². The molecule has 0 atom stereocenters. The van der Waals surface area contributed by atoms with Crippen LogP contribution in [0, 0.1) is 0 Å². The average molecular weight is 592 g/mol. The maximum atomic E-state index is 14.0. The number of para-hydroxylation sites is 1. The minimum Gasteiger partial charge on any atom is -0.368 e. The van der Waals surface area contributed by atoms with Crippen molar-refractivity contribution in [3.63, 3.8) is 0 Å². The molecule has 2 aromatic carbocycles. The molecule has 1 aliphatic carbocycles. The third-order valence-corrected chi connectivity index (χ3v) is 13.5. The minimum atomic E-state index is -4.29. The molecule has 0 unspecified atom stereocenters. The van der Waals surface area contributed by atoms with Gasteiger partial charge in [0.25, 0.3) is 5.08 Å². The van der Waals surface area contributed by atoms with Crippen molar-refractivity contribution in [2.45, 2.75) is 77.8 Å². The van der Waals surface area contributed by atoms with Gasteiger partial charge in [0, 0.05) is 23.0 Å². The van der Waals surface area contributed by atoms with Crippen molar-refractivity contribution in [2.75, 3.05) is 26.4 Å². The normalized spacial score (nSPS) is 14.2. The molecule has 40 heavy (non-hydrogen) atoms. The van der Waals surface area contributed by atoms with Crippen LogP contribution in [0.5, 0.6) is 0 Å². The van der Waals surface area contributed by atoms with Crippen LogP contribution < -0.4 is 0 Å². The van der Waals surface area contributed by atoms with Crippen molar-refractivity contribution in [3.8, 4) is 11.3 Å². The van der Waals surface area contributed by atoms with E-state index in [-0.39, 0.29) is 32.8 Å². The zero-order valence-corrected chi connectivity index (χ0v) is 25.9. The number of unbranched alkanes of at least 4 members (excludes halogenated alkanes) is 1. The molecule has 4 rings (SSSR count). The first kappa shape index (κ1) is 31.2. The molecule has 220 valence electrons. The molecule has 10 heteroatoms. The molecule has 0 fully saturated rings. The standard InChI is InChI=1S/C30H43NO7P2/c1-5-35-39(33,36-6-2)30(32,40(34,37-7-3)38-8-4)22-13-14-23-31-28-21-12-11-19-26(28)27-20-15-17-24-16-9-10-18-25(24)29(27)31/h9-12,16,18-19,21,32H,5-8,13-15,17,20,22-23H2,1-4H3. The topological polar surface area (TPSA) is 96.2 Å². The lowest BCUT2D eigenvalue weighted by Gasteiger charge is -2.38. The predicted molar refractivity (Wildman–Crippen MR) is 160 cm³/mol. The summed E-state index contributed by atoms with van der Waals surface area (Å²) in [6, 6.07) is 17.1. The molecular formula is C30H43NO7P2. The molecule has 0 bridgehead atoms. The first-order chi connectivity index (χ1) is 19.3. The van der Waals surface area contributed by atoms with E-state index >= 15 is 0 Å². The van der Waals surface area contributed by atoms with Gasteiger partial charge in [-0.2, -0.15) is 0 Å². The van der Waals surface area contributed by atoms with Crippen molar-refractivity contribution < 1.29 is 32.3 Å². The highest BCUT2D eigenvalue weighted by Gasteiger charge is 2.64. The third kappa shape index (κ3) is 5.78. The second-order valence-electron chi connectivity index (χ2n) is 9.90. The van der Waals surface area contributed by atoms with Crippen LogP contribution in [0.15, 0.2) is 48.5 Å². The van der Waals surface area contributed by atoms with E-state index in [0.29, 0.717) is 19.4 Å². The van der Waals surface area contributed by atoms with E-state index in [0.717, 1.165) is 19.3 Å². The first-order valence-electron chi connectivity index (χ1n) is 14.5. The highest BCUT2D eigenvalue weighted by atomic mass is 31.2. The van der Waals surface area contributed by atoms with Crippen LogP contribution in [0.4, 0.5) is 0 Å². The molecule has 0 aliphatic heterocycles. The molecule has 0 radical (unpaired) electrons. The number of hydrogen-bond donors (Lipinski definition) is 1. The SMILES string of the molecule is CCOP(=O)(OCC)C(O)(CCCCn1c2c(c3ccccc31)CCCc1ccccc1-2)P(=O)(OCC)OCC. The van der Waals surface area contributed by atoms with Crippen LogP contribution in [0.2, 0.25) is 0 Å². The Kier molecular flexibility index (Phi) is 10.5. The van der Waals surface area contributed by atoms with Crippen LogP contribution in [0.3, 0.4) is 0 Å².